The van der Waals surface area contributed by atoms with Crippen molar-refractivity contribution in [1.82, 2.24) is 0 Å². The van der Waals surface area contributed by atoms with Crippen LogP contribution >= 0.6 is 11.6 Å². The van der Waals surface area contributed by atoms with E-state index in [9.17, 15) is 0 Å². The first-order valence-corrected chi connectivity index (χ1v) is 5.43. The highest BCUT2D eigenvalue weighted by Crippen LogP contribution is 2.34. The predicted octanol–water partition coefficient (Wildman–Crippen LogP) is 3.79. The van der Waals surface area contributed by atoms with Gasteiger partial charge >= 0.3 is 0 Å². The summed E-state index contributed by atoms with van der Waals surface area (Å²) in [5.74, 6) is 0. The van der Waals surface area contributed by atoms with Gasteiger partial charge in [0.1, 0.15) is 0 Å². The quantitative estimate of drug-likeness (QED) is 0.686. The summed E-state index contributed by atoms with van der Waals surface area (Å²) < 4.78 is 0. The highest BCUT2D eigenvalue weighted by Gasteiger charge is 2.25. The van der Waals surface area contributed by atoms with Crippen LogP contribution in [-0.2, 0) is 6.42 Å². The van der Waals surface area contributed by atoms with Gasteiger partial charge in [-0.05, 0) is 56.9 Å². The third kappa shape index (κ3) is 1.74. The van der Waals surface area contributed by atoms with Crippen LogP contribution in [0.4, 0.5) is 5.69 Å². The van der Waals surface area contributed by atoms with Gasteiger partial charge in [-0.2, -0.15) is 0 Å². The molecule has 1 heterocycles. The molecule has 0 spiro atoms. The number of rotatable bonds is 0. The zero-order chi connectivity index (χ0) is 10.3. The predicted molar refractivity (Wildman–Crippen MR) is 62.2 cm³/mol. The van der Waals surface area contributed by atoms with E-state index in [4.69, 9.17) is 11.6 Å². The molecule has 1 aromatic carbocycles. The lowest BCUT2D eigenvalue weighted by atomic mass is 9.88. The van der Waals surface area contributed by atoms with E-state index in [1.807, 2.05) is 6.07 Å². The molecule has 76 valence electrons. The number of nitrogens with one attached hydrogen (secondary N) is 1. The van der Waals surface area contributed by atoms with Crippen LogP contribution in [-0.4, -0.2) is 5.54 Å². The first-order chi connectivity index (χ1) is 6.48. The maximum Gasteiger partial charge on any atom is 0.0412 e. The van der Waals surface area contributed by atoms with Gasteiger partial charge in [0.05, 0.1) is 0 Å². The van der Waals surface area contributed by atoms with Crippen LogP contribution in [0.3, 0.4) is 0 Å². The molecule has 0 aliphatic carbocycles. The number of aryl methyl sites for hydroxylation is 2. The third-order valence-electron chi connectivity index (χ3n) is 2.86. The Morgan fingerprint density at radius 2 is 2.07 bits per heavy atom. The Kier molecular flexibility index (Phi) is 2.23. The van der Waals surface area contributed by atoms with Gasteiger partial charge in [-0.3, -0.25) is 0 Å². The molecule has 1 N–H and O–H groups in total. The average molecular weight is 210 g/mol. The van der Waals surface area contributed by atoms with Gasteiger partial charge < -0.3 is 5.32 Å². The molecule has 0 saturated carbocycles. The van der Waals surface area contributed by atoms with Gasteiger partial charge in [0.2, 0.25) is 0 Å². The Labute approximate surface area is 90.5 Å². The van der Waals surface area contributed by atoms with Gasteiger partial charge in [0.25, 0.3) is 0 Å². The van der Waals surface area contributed by atoms with Gasteiger partial charge in [-0.25, -0.2) is 0 Å². The minimum absolute atomic E-state index is 0.214. The molecular weight excluding hydrogens is 194 g/mol. The Bertz CT molecular complexity index is 369. The van der Waals surface area contributed by atoms with Crippen LogP contribution in [0.2, 0.25) is 5.02 Å². The molecule has 0 atom stereocenters. The molecule has 1 nitrogen and oxygen atoms in total. The molecule has 14 heavy (non-hydrogen) atoms. The molecule has 0 aromatic heterocycles. The minimum atomic E-state index is 0.214. The van der Waals surface area contributed by atoms with Crippen molar-refractivity contribution in [2.75, 3.05) is 5.32 Å². The van der Waals surface area contributed by atoms with Gasteiger partial charge in [0.15, 0.2) is 0 Å². The molecule has 0 bridgehead atoms. The third-order valence-corrected chi connectivity index (χ3v) is 3.08. The summed E-state index contributed by atoms with van der Waals surface area (Å²) in [6, 6.07) is 4.10. The first-order valence-electron chi connectivity index (χ1n) is 5.05. The Morgan fingerprint density at radius 1 is 1.36 bits per heavy atom. The van der Waals surface area contributed by atoms with Gasteiger partial charge in [0, 0.05) is 16.2 Å². The molecular formula is C12H16ClN. The molecule has 0 saturated heterocycles. The van der Waals surface area contributed by atoms with E-state index in [2.05, 4.69) is 32.2 Å². The average Bonchev–Trinajstić information content (AvgIpc) is 2.06. The Hall–Kier alpha value is -0.690. The number of hydrogen-bond acceptors (Lipinski definition) is 1. The van der Waals surface area contributed by atoms with Crippen LogP contribution in [0, 0.1) is 6.92 Å². The van der Waals surface area contributed by atoms with Crippen LogP contribution < -0.4 is 5.32 Å². The molecule has 1 aliphatic heterocycles. The van der Waals surface area contributed by atoms with Crippen molar-refractivity contribution >= 4 is 17.3 Å². The summed E-state index contributed by atoms with van der Waals surface area (Å²) >= 11 is 6.03. The number of hydrogen-bond donors (Lipinski definition) is 1. The lowest BCUT2D eigenvalue weighted by Gasteiger charge is -2.34. The topological polar surface area (TPSA) is 12.0 Å². The maximum atomic E-state index is 6.03. The number of anilines is 1. The second kappa shape index (κ2) is 3.16. The van der Waals surface area contributed by atoms with Crippen molar-refractivity contribution < 1.29 is 0 Å². The van der Waals surface area contributed by atoms with Crippen molar-refractivity contribution in [2.24, 2.45) is 0 Å². The van der Waals surface area contributed by atoms with E-state index in [1.165, 1.54) is 23.2 Å². The van der Waals surface area contributed by atoms with Gasteiger partial charge in [-0.1, -0.05) is 11.6 Å². The van der Waals surface area contributed by atoms with E-state index in [0.29, 0.717) is 0 Å². The lowest BCUT2D eigenvalue weighted by Crippen LogP contribution is -2.35. The molecule has 0 unspecified atom stereocenters. The molecule has 2 rings (SSSR count). The first kappa shape index (κ1) is 9.85. The monoisotopic (exact) mass is 209 g/mol. The van der Waals surface area contributed by atoms with Crippen molar-refractivity contribution in [2.45, 2.75) is 39.2 Å². The van der Waals surface area contributed by atoms with Crippen LogP contribution in [0.5, 0.6) is 0 Å². The molecule has 1 aliphatic rings. The van der Waals surface area contributed by atoms with Gasteiger partial charge in [-0.15, -0.1) is 0 Å². The fourth-order valence-electron chi connectivity index (χ4n) is 2.04. The lowest BCUT2D eigenvalue weighted by molar-refractivity contribution is 0.501. The molecule has 2 heteroatoms. The van der Waals surface area contributed by atoms with E-state index in [1.54, 1.807) is 0 Å². The van der Waals surface area contributed by atoms with Crippen molar-refractivity contribution in [3.63, 3.8) is 0 Å². The fourth-order valence-corrected chi connectivity index (χ4v) is 2.33. The zero-order valence-corrected chi connectivity index (χ0v) is 9.70. The van der Waals surface area contributed by atoms with Crippen molar-refractivity contribution in [3.05, 3.63) is 28.3 Å². The number of benzene rings is 1. The van der Waals surface area contributed by atoms with E-state index < -0.39 is 0 Å². The minimum Gasteiger partial charge on any atom is -0.380 e. The van der Waals surface area contributed by atoms with Crippen LogP contribution in [0.25, 0.3) is 0 Å². The summed E-state index contributed by atoms with van der Waals surface area (Å²) in [6.45, 7) is 6.59. The standard InChI is InChI=1S/C12H16ClN/c1-8-6-10(13)7-9-4-5-12(2,3)14-11(8)9/h6-7,14H,4-5H2,1-3H3. The Balaban J connectivity index is 2.47. The van der Waals surface area contributed by atoms with E-state index in [0.717, 1.165) is 11.4 Å². The van der Waals surface area contributed by atoms with Crippen molar-refractivity contribution in [3.8, 4) is 0 Å². The highest BCUT2D eigenvalue weighted by molar-refractivity contribution is 6.30. The Morgan fingerprint density at radius 3 is 2.79 bits per heavy atom. The zero-order valence-electron chi connectivity index (χ0n) is 8.95. The second-order valence-corrected chi connectivity index (χ2v) is 5.20. The summed E-state index contributed by atoms with van der Waals surface area (Å²) in [4.78, 5) is 0. The van der Waals surface area contributed by atoms with Crippen molar-refractivity contribution in [1.29, 1.82) is 0 Å². The molecule has 0 fully saturated rings. The van der Waals surface area contributed by atoms with E-state index in [-0.39, 0.29) is 5.54 Å². The summed E-state index contributed by atoms with van der Waals surface area (Å²) in [5.41, 5.74) is 4.10. The fraction of sp³-hybridized carbons (Fsp3) is 0.500. The second-order valence-electron chi connectivity index (χ2n) is 4.77. The number of fused-ring (bicyclic) bond motifs is 1. The highest BCUT2D eigenvalue weighted by atomic mass is 35.5. The SMILES string of the molecule is Cc1cc(Cl)cc2c1NC(C)(C)CC2. The summed E-state index contributed by atoms with van der Waals surface area (Å²) in [5, 5.41) is 4.42. The van der Waals surface area contributed by atoms with E-state index >= 15 is 0 Å². The maximum absolute atomic E-state index is 6.03. The largest absolute Gasteiger partial charge is 0.380 e. The summed E-state index contributed by atoms with van der Waals surface area (Å²) in [7, 11) is 0. The molecule has 1 aromatic rings. The summed E-state index contributed by atoms with van der Waals surface area (Å²) in [6.07, 6.45) is 2.29. The smallest absolute Gasteiger partial charge is 0.0412 e. The van der Waals surface area contributed by atoms with Crippen LogP contribution in [0.1, 0.15) is 31.4 Å². The van der Waals surface area contributed by atoms with Crippen LogP contribution in [0.15, 0.2) is 12.1 Å². The normalized spacial score (nSPS) is 18.6. The molecule has 0 radical (unpaired) electrons. The number of halogens is 1. The molecule has 0 amide bonds.